The summed E-state index contributed by atoms with van der Waals surface area (Å²) in [6.07, 6.45) is 2.70. The molecule has 2 rings (SSSR count). The van der Waals surface area contributed by atoms with Crippen LogP contribution >= 0.6 is 0 Å². The largest absolute Gasteiger partial charge is 0.392 e. The average molecular weight is 212 g/mol. The van der Waals surface area contributed by atoms with Gasteiger partial charge in [-0.3, -0.25) is 4.79 Å². The van der Waals surface area contributed by atoms with Gasteiger partial charge in [0.25, 0.3) is 0 Å². The average Bonchev–Trinajstić information content (AvgIpc) is 2.98. The van der Waals surface area contributed by atoms with Gasteiger partial charge in [0.1, 0.15) is 0 Å². The van der Waals surface area contributed by atoms with Crippen molar-refractivity contribution in [1.29, 1.82) is 0 Å². The molecule has 1 aliphatic carbocycles. The van der Waals surface area contributed by atoms with Gasteiger partial charge in [0.05, 0.1) is 12.1 Å². The highest BCUT2D eigenvalue weighted by atomic mass is 16.3. The zero-order valence-electron chi connectivity index (χ0n) is 9.44. The summed E-state index contributed by atoms with van der Waals surface area (Å²) < 4.78 is 0. The highest BCUT2D eigenvalue weighted by molar-refractivity contribution is 5.82. The number of amides is 1. The van der Waals surface area contributed by atoms with E-state index in [0.29, 0.717) is 24.9 Å². The minimum Gasteiger partial charge on any atom is -0.392 e. The van der Waals surface area contributed by atoms with E-state index in [1.54, 1.807) is 0 Å². The Balaban J connectivity index is 1.88. The second-order valence-electron chi connectivity index (χ2n) is 4.88. The molecule has 2 fully saturated rings. The molecule has 4 nitrogen and oxygen atoms in total. The van der Waals surface area contributed by atoms with Crippen LogP contribution in [0.25, 0.3) is 0 Å². The lowest BCUT2D eigenvalue weighted by molar-refractivity contribution is -0.134. The fraction of sp³-hybridized carbons (Fsp3) is 0.909. The highest BCUT2D eigenvalue weighted by Gasteiger charge is 2.36. The Labute approximate surface area is 90.6 Å². The third kappa shape index (κ3) is 2.32. The van der Waals surface area contributed by atoms with Crippen LogP contribution in [0.3, 0.4) is 0 Å². The van der Waals surface area contributed by atoms with Crippen LogP contribution < -0.4 is 5.32 Å². The van der Waals surface area contributed by atoms with Crippen LogP contribution in [0.1, 0.15) is 26.2 Å². The van der Waals surface area contributed by atoms with E-state index in [0.717, 1.165) is 0 Å². The van der Waals surface area contributed by atoms with Crippen LogP contribution in [0.5, 0.6) is 0 Å². The van der Waals surface area contributed by atoms with Gasteiger partial charge in [-0.15, -0.1) is 0 Å². The highest BCUT2D eigenvalue weighted by Crippen LogP contribution is 2.34. The summed E-state index contributed by atoms with van der Waals surface area (Å²) in [5.74, 6) is 0.830. The quantitative estimate of drug-likeness (QED) is 0.690. The fourth-order valence-electron chi connectivity index (χ4n) is 2.25. The number of nitrogens with one attached hydrogen (secondary N) is 1. The van der Waals surface area contributed by atoms with E-state index in [9.17, 15) is 9.90 Å². The van der Waals surface area contributed by atoms with Crippen molar-refractivity contribution in [1.82, 2.24) is 10.2 Å². The van der Waals surface area contributed by atoms with Gasteiger partial charge in [-0.2, -0.15) is 0 Å². The molecule has 3 atom stereocenters. The first-order valence-electron chi connectivity index (χ1n) is 5.77. The maximum absolute atomic E-state index is 12.0. The zero-order valence-corrected chi connectivity index (χ0v) is 9.44. The van der Waals surface area contributed by atoms with Crippen LogP contribution in [-0.2, 0) is 4.79 Å². The van der Waals surface area contributed by atoms with Crippen LogP contribution in [0, 0.1) is 5.92 Å². The Morgan fingerprint density at radius 3 is 2.67 bits per heavy atom. The van der Waals surface area contributed by atoms with E-state index in [2.05, 4.69) is 12.2 Å². The lowest BCUT2D eigenvalue weighted by atomic mass is 10.1. The topological polar surface area (TPSA) is 52.6 Å². The number of nitrogens with zero attached hydrogens (tertiary/aromatic N) is 1. The van der Waals surface area contributed by atoms with Crippen LogP contribution in [0.15, 0.2) is 0 Å². The second-order valence-corrected chi connectivity index (χ2v) is 4.88. The molecule has 15 heavy (non-hydrogen) atoms. The van der Waals surface area contributed by atoms with Gasteiger partial charge in [-0.05, 0) is 32.1 Å². The SMILES string of the molecule is CC(C1CC1)N(C)C(=O)C1CC(O)CN1. The van der Waals surface area contributed by atoms with Gasteiger partial charge in [-0.1, -0.05) is 0 Å². The van der Waals surface area contributed by atoms with Crippen LogP contribution in [-0.4, -0.2) is 47.7 Å². The van der Waals surface area contributed by atoms with Gasteiger partial charge >= 0.3 is 0 Å². The third-order valence-electron chi connectivity index (χ3n) is 3.67. The molecule has 0 radical (unpaired) electrons. The monoisotopic (exact) mass is 212 g/mol. The predicted molar refractivity (Wildman–Crippen MR) is 57.4 cm³/mol. The van der Waals surface area contributed by atoms with Crippen molar-refractivity contribution in [2.45, 2.75) is 44.4 Å². The van der Waals surface area contributed by atoms with Gasteiger partial charge in [0, 0.05) is 19.6 Å². The summed E-state index contributed by atoms with van der Waals surface area (Å²) >= 11 is 0. The number of likely N-dealkylation sites (N-methyl/N-ethyl adjacent to an activating group) is 1. The number of aliphatic hydroxyl groups is 1. The molecule has 4 heteroatoms. The smallest absolute Gasteiger partial charge is 0.239 e. The molecule has 86 valence electrons. The fourth-order valence-corrected chi connectivity index (χ4v) is 2.25. The molecule has 0 bridgehead atoms. The van der Waals surface area contributed by atoms with Crippen LogP contribution in [0.2, 0.25) is 0 Å². The van der Waals surface area contributed by atoms with Crippen LogP contribution in [0.4, 0.5) is 0 Å². The zero-order chi connectivity index (χ0) is 11.0. The summed E-state index contributed by atoms with van der Waals surface area (Å²) in [4.78, 5) is 13.9. The molecule has 1 aliphatic heterocycles. The number of carbonyl (C=O) groups excluding carboxylic acids is 1. The minimum absolute atomic E-state index is 0.131. The van der Waals surface area contributed by atoms with Crippen molar-refractivity contribution in [3.05, 3.63) is 0 Å². The maximum Gasteiger partial charge on any atom is 0.239 e. The molecular weight excluding hydrogens is 192 g/mol. The lowest BCUT2D eigenvalue weighted by Crippen LogP contribution is -2.46. The van der Waals surface area contributed by atoms with E-state index < -0.39 is 0 Å². The Morgan fingerprint density at radius 1 is 1.53 bits per heavy atom. The molecule has 1 amide bonds. The molecule has 2 N–H and O–H groups in total. The minimum atomic E-state index is -0.358. The Kier molecular flexibility index (Phi) is 2.98. The normalized spacial score (nSPS) is 32.7. The molecular formula is C11H20N2O2. The van der Waals surface area contributed by atoms with E-state index in [1.165, 1.54) is 12.8 Å². The van der Waals surface area contributed by atoms with Crippen molar-refractivity contribution in [3.8, 4) is 0 Å². The summed E-state index contributed by atoms with van der Waals surface area (Å²) in [5, 5.41) is 12.4. The van der Waals surface area contributed by atoms with E-state index >= 15 is 0 Å². The Morgan fingerprint density at radius 2 is 2.20 bits per heavy atom. The molecule has 0 aromatic carbocycles. The van der Waals surface area contributed by atoms with Crippen molar-refractivity contribution in [2.75, 3.05) is 13.6 Å². The Bertz CT molecular complexity index is 253. The van der Waals surface area contributed by atoms with Gasteiger partial charge in [-0.25, -0.2) is 0 Å². The summed E-state index contributed by atoms with van der Waals surface area (Å²) in [6, 6.07) is 0.170. The second kappa shape index (κ2) is 4.10. The number of carbonyl (C=O) groups is 1. The number of aliphatic hydroxyl groups excluding tert-OH is 1. The molecule has 1 saturated carbocycles. The number of hydrogen-bond donors (Lipinski definition) is 2. The molecule has 1 saturated heterocycles. The first-order valence-corrected chi connectivity index (χ1v) is 5.77. The van der Waals surface area contributed by atoms with Gasteiger partial charge < -0.3 is 15.3 Å². The van der Waals surface area contributed by atoms with Gasteiger partial charge in [0.2, 0.25) is 5.91 Å². The molecule has 3 unspecified atom stereocenters. The summed E-state index contributed by atoms with van der Waals surface area (Å²) in [6.45, 7) is 2.66. The Hall–Kier alpha value is -0.610. The standard InChI is InChI=1S/C11H20N2O2/c1-7(8-3-4-8)13(2)11(15)10-5-9(14)6-12-10/h7-10,12,14H,3-6H2,1-2H3. The van der Waals surface area contributed by atoms with E-state index in [4.69, 9.17) is 0 Å². The van der Waals surface area contributed by atoms with Crippen molar-refractivity contribution in [3.63, 3.8) is 0 Å². The van der Waals surface area contributed by atoms with E-state index in [-0.39, 0.29) is 18.1 Å². The lowest BCUT2D eigenvalue weighted by Gasteiger charge is -2.27. The van der Waals surface area contributed by atoms with Crippen molar-refractivity contribution in [2.24, 2.45) is 5.92 Å². The van der Waals surface area contributed by atoms with Crippen molar-refractivity contribution < 1.29 is 9.90 Å². The number of β-amino-alcohol motifs (C(OH)–C–C–N with tert-alkyl or cyclic N) is 1. The first-order chi connectivity index (χ1) is 7.09. The summed E-state index contributed by atoms with van der Waals surface area (Å²) in [7, 11) is 1.87. The van der Waals surface area contributed by atoms with Crippen molar-refractivity contribution >= 4 is 5.91 Å². The molecule has 0 aromatic rings. The number of hydrogen-bond acceptors (Lipinski definition) is 3. The van der Waals surface area contributed by atoms with Gasteiger partial charge in [0.15, 0.2) is 0 Å². The molecule has 1 heterocycles. The molecule has 0 spiro atoms. The predicted octanol–water partition coefficient (Wildman–Crippen LogP) is -0.0339. The maximum atomic E-state index is 12.0. The number of rotatable bonds is 3. The third-order valence-corrected chi connectivity index (χ3v) is 3.67. The van der Waals surface area contributed by atoms with E-state index in [1.807, 2.05) is 11.9 Å². The molecule has 0 aromatic heterocycles. The summed E-state index contributed by atoms with van der Waals surface area (Å²) in [5.41, 5.74) is 0. The first kappa shape index (κ1) is 10.9. The molecule has 2 aliphatic rings.